The second-order valence-electron chi connectivity index (χ2n) is 6.92. The van der Waals surface area contributed by atoms with E-state index in [2.05, 4.69) is 9.97 Å². The van der Waals surface area contributed by atoms with Crippen LogP contribution in [0.2, 0.25) is 0 Å². The first-order chi connectivity index (χ1) is 14.0. The highest BCUT2D eigenvalue weighted by molar-refractivity contribution is 5.70. The van der Waals surface area contributed by atoms with Crippen LogP contribution in [0.1, 0.15) is 11.1 Å². The van der Waals surface area contributed by atoms with Crippen molar-refractivity contribution in [2.24, 2.45) is 0 Å². The highest BCUT2D eigenvalue weighted by Gasteiger charge is 2.15. The van der Waals surface area contributed by atoms with Crippen LogP contribution in [0.4, 0.5) is 0 Å². The van der Waals surface area contributed by atoms with Gasteiger partial charge in [0.2, 0.25) is 0 Å². The zero-order valence-corrected chi connectivity index (χ0v) is 16.5. The molecule has 29 heavy (non-hydrogen) atoms. The van der Waals surface area contributed by atoms with Crippen LogP contribution in [0.25, 0.3) is 34.2 Å². The maximum Gasteiger partial charge on any atom is 0.167 e. The number of phenols is 1. The van der Waals surface area contributed by atoms with E-state index in [4.69, 9.17) is 9.72 Å². The van der Waals surface area contributed by atoms with Crippen molar-refractivity contribution in [1.29, 1.82) is 0 Å². The minimum atomic E-state index is 0.0558. The van der Waals surface area contributed by atoms with Crippen molar-refractivity contribution in [2.45, 2.75) is 13.8 Å². The predicted octanol–water partition coefficient (Wildman–Crippen LogP) is 5.20. The lowest BCUT2D eigenvalue weighted by Gasteiger charge is -2.10. The van der Waals surface area contributed by atoms with Gasteiger partial charge in [0.15, 0.2) is 17.5 Å². The molecule has 144 valence electrons. The molecule has 0 saturated heterocycles. The van der Waals surface area contributed by atoms with Crippen molar-refractivity contribution in [3.8, 4) is 45.7 Å². The number of methoxy groups -OCH3 is 1. The van der Waals surface area contributed by atoms with Crippen LogP contribution in [0, 0.1) is 13.8 Å². The van der Waals surface area contributed by atoms with Gasteiger partial charge >= 0.3 is 0 Å². The van der Waals surface area contributed by atoms with E-state index in [1.165, 1.54) is 0 Å². The number of rotatable bonds is 4. The summed E-state index contributed by atoms with van der Waals surface area (Å²) in [6, 6.07) is 21.1. The average Bonchev–Trinajstić information content (AvgIpc) is 2.74. The maximum atomic E-state index is 10.5. The zero-order chi connectivity index (χ0) is 20.4. The third-order valence-corrected chi connectivity index (χ3v) is 4.70. The molecular weight excluding hydrogens is 362 g/mol. The fraction of sp³-hybridized carbons (Fsp3) is 0.125. The Morgan fingerprint density at radius 3 is 1.59 bits per heavy atom. The molecule has 0 unspecified atom stereocenters. The molecule has 0 bridgehead atoms. The summed E-state index contributed by atoms with van der Waals surface area (Å²) in [7, 11) is 1.56. The van der Waals surface area contributed by atoms with Crippen molar-refractivity contribution in [3.63, 3.8) is 0 Å². The maximum absolute atomic E-state index is 10.5. The first-order valence-corrected chi connectivity index (χ1v) is 9.31. The van der Waals surface area contributed by atoms with E-state index in [-0.39, 0.29) is 5.75 Å². The monoisotopic (exact) mass is 383 g/mol. The van der Waals surface area contributed by atoms with Gasteiger partial charge < -0.3 is 9.84 Å². The van der Waals surface area contributed by atoms with Crippen LogP contribution in [-0.2, 0) is 0 Å². The lowest BCUT2D eigenvalue weighted by Crippen LogP contribution is -2.00. The Bertz CT molecular complexity index is 1090. The number of hydrogen-bond donors (Lipinski definition) is 1. The standard InChI is InChI=1S/C24H21N3O2/c1-15-4-8-17(9-5-15)22-25-23(18-10-6-16(2)7-11-18)27-24(26-22)20-13-12-19(29-3)14-21(20)28/h4-14,28H,1-3H3. The minimum absolute atomic E-state index is 0.0558. The van der Waals surface area contributed by atoms with Crippen LogP contribution in [-0.4, -0.2) is 27.2 Å². The fourth-order valence-corrected chi connectivity index (χ4v) is 2.99. The molecule has 4 rings (SSSR count). The van der Waals surface area contributed by atoms with Gasteiger partial charge in [-0.1, -0.05) is 59.7 Å². The van der Waals surface area contributed by atoms with Crippen molar-refractivity contribution in [2.75, 3.05) is 7.11 Å². The number of aromatic hydroxyl groups is 1. The molecule has 0 aliphatic carbocycles. The summed E-state index contributed by atoms with van der Waals surface area (Å²) in [5.41, 5.74) is 4.63. The second-order valence-corrected chi connectivity index (χ2v) is 6.92. The first kappa shape index (κ1) is 18.6. The van der Waals surface area contributed by atoms with Gasteiger partial charge in [-0.3, -0.25) is 0 Å². The van der Waals surface area contributed by atoms with Gasteiger partial charge in [-0.15, -0.1) is 0 Å². The number of ether oxygens (including phenoxy) is 1. The highest BCUT2D eigenvalue weighted by atomic mass is 16.5. The van der Waals surface area contributed by atoms with Crippen LogP contribution in [0.15, 0.2) is 66.7 Å². The van der Waals surface area contributed by atoms with Crippen LogP contribution < -0.4 is 4.74 Å². The van der Waals surface area contributed by atoms with Crippen LogP contribution >= 0.6 is 0 Å². The van der Waals surface area contributed by atoms with E-state index in [1.54, 1.807) is 25.3 Å². The first-order valence-electron chi connectivity index (χ1n) is 9.31. The number of aryl methyl sites for hydroxylation is 2. The zero-order valence-electron chi connectivity index (χ0n) is 16.5. The Balaban J connectivity index is 1.90. The molecule has 5 heteroatoms. The van der Waals surface area contributed by atoms with E-state index < -0.39 is 0 Å². The minimum Gasteiger partial charge on any atom is -0.507 e. The molecule has 0 radical (unpaired) electrons. The number of phenolic OH excluding ortho intramolecular Hbond substituents is 1. The summed E-state index contributed by atoms with van der Waals surface area (Å²) in [4.78, 5) is 14.0. The summed E-state index contributed by atoms with van der Waals surface area (Å²) in [5, 5.41) is 10.5. The van der Waals surface area contributed by atoms with Crippen LogP contribution in [0.3, 0.4) is 0 Å². The van der Waals surface area contributed by atoms with Crippen molar-refractivity contribution < 1.29 is 9.84 Å². The Labute approximate surface area is 169 Å². The molecule has 1 aromatic heterocycles. The smallest absolute Gasteiger partial charge is 0.167 e. The number of nitrogens with zero attached hydrogens (tertiary/aromatic N) is 3. The normalized spacial score (nSPS) is 10.7. The van der Waals surface area contributed by atoms with E-state index in [9.17, 15) is 5.11 Å². The molecule has 0 atom stereocenters. The number of aromatic nitrogens is 3. The van der Waals surface area contributed by atoms with Crippen LogP contribution in [0.5, 0.6) is 11.5 Å². The third kappa shape index (κ3) is 3.94. The SMILES string of the molecule is COc1ccc(-c2nc(-c3ccc(C)cc3)nc(-c3ccc(C)cc3)n2)c(O)c1. The van der Waals surface area contributed by atoms with Gasteiger partial charge in [0.25, 0.3) is 0 Å². The fourth-order valence-electron chi connectivity index (χ4n) is 2.99. The molecule has 1 N–H and O–H groups in total. The highest BCUT2D eigenvalue weighted by Crippen LogP contribution is 2.32. The molecule has 0 spiro atoms. The van der Waals surface area contributed by atoms with Gasteiger partial charge in [-0.2, -0.15) is 0 Å². The molecule has 0 saturated carbocycles. The Kier molecular flexibility index (Phi) is 4.96. The third-order valence-electron chi connectivity index (χ3n) is 4.70. The second kappa shape index (κ2) is 7.72. The summed E-state index contributed by atoms with van der Waals surface area (Å²) in [5.74, 6) is 2.14. The summed E-state index contributed by atoms with van der Waals surface area (Å²) in [6.45, 7) is 4.07. The Hall–Kier alpha value is -3.73. The summed E-state index contributed by atoms with van der Waals surface area (Å²) < 4.78 is 5.18. The topological polar surface area (TPSA) is 68.1 Å². The van der Waals surface area contributed by atoms with Gasteiger partial charge in [0.05, 0.1) is 12.7 Å². The predicted molar refractivity (Wildman–Crippen MR) is 114 cm³/mol. The molecule has 5 nitrogen and oxygen atoms in total. The molecule has 0 amide bonds. The van der Waals surface area contributed by atoms with Gasteiger partial charge in [-0.05, 0) is 26.0 Å². The Morgan fingerprint density at radius 1 is 0.655 bits per heavy atom. The average molecular weight is 383 g/mol. The van der Waals surface area contributed by atoms with Crippen molar-refractivity contribution >= 4 is 0 Å². The van der Waals surface area contributed by atoms with E-state index in [1.807, 2.05) is 62.4 Å². The number of benzene rings is 3. The lowest BCUT2D eigenvalue weighted by molar-refractivity contribution is 0.408. The quantitative estimate of drug-likeness (QED) is 0.524. The Morgan fingerprint density at radius 2 is 1.14 bits per heavy atom. The van der Waals surface area contributed by atoms with Crippen molar-refractivity contribution in [3.05, 3.63) is 77.9 Å². The molecule has 0 aliphatic heterocycles. The number of hydrogen-bond acceptors (Lipinski definition) is 5. The molecule has 0 aliphatic rings. The molecule has 0 fully saturated rings. The molecule has 3 aromatic carbocycles. The van der Waals surface area contributed by atoms with Gasteiger partial charge in [0.1, 0.15) is 11.5 Å². The van der Waals surface area contributed by atoms with Gasteiger partial charge in [-0.25, -0.2) is 15.0 Å². The summed E-state index contributed by atoms with van der Waals surface area (Å²) in [6.07, 6.45) is 0. The van der Waals surface area contributed by atoms with Crippen molar-refractivity contribution in [1.82, 2.24) is 15.0 Å². The lowest BCUT2D eigenvalue weighted by atomic mass is 10.1. The van der Waals surface area contributed by atoms with E-state index >= 15 is 0 Å². The van der Waals surface area contributed by atoms with E-state index in [0.29, 0.717) is 28.8 Å². The van der Waals surface area contributed by atoms with E-state index in [0.717, 1.165) is 22.3 Å². The molecule has 4 aromatic rings. The summed E-state index contributed by atoms with van der Waals surface area (Å²) >= 11 is 0. The molecular formula is C24H21N3O2. The van der Waals surface area contributed by atoms with Gasteiger partial charge in [0, 0.05) is 17.2 Å². The largest absolute Gasteiger partial charge is 0.507 e. The molecule has 1 heterocycles.